The Bertz CT molecular complexity index is 1210. The molecule has 2 aliphatic rings. The lowest BCUT2D eigenvalue weighted by atomic mass is 10.1. The second-order valence-corrected chi connectivity index (χ2v) is 8.60. The van der Waals surface area contributed by atoms with Crippen LogP contribution in [0.3, 0.4) is 0 Å². The minimum atomic E-state index is -0.700. The van der Waals surface area contributed by atoms with Crippen LogP contribution in [0.1, 0.15) is 34.5 Å². The molecule has 2 amide bonds. The minimum absolute atomic E-state index is 0.0956. The van der Waals surface area contributed by atoms with Gasteiger partial charge in [0.05, 0.1) is 20.6 Å². The Morgan fingerprint density at radius 1 is 1.09 bits per heavy atom. The van der Waals surface area contributed by atoms with Gasteiger partial charge < -0.3 is 23.8 Å². The molecule has 1 saturated heterocycles. The number of ether oxygens (including phenoxy) is 2. The van der Waals surface area contributed by atoms with Gasteiger partial charge in [-0.1, -0.05) is 18.2 Å². The van der Waals surface area contributed by atoms with E-state index in [0.29, 0.717) is 30.6 Å². The van der Waals surface area contributed by atoms with E-state index in [-0.39, 0.29) is 55.3 Å². The Kier molecular flexibility index (Phi) is 7.18. The van der Waals surface area contributed by atoms with E-state index in [1.165, 1.54) is 35.8 Å². The number of nitrogens with zero attached hydrogens (tertiary/aromatic N) is 3. The third-order valence-corrected chi connectivity index (χ3v) is 6.67. The number of hydrogen-bond donors (Lipinski definition) is 0. The molecule has 0 saturated carbocycles. The van der Waals surface area contributed by atoms with Crippen molar-refractivity contribution in [3.8, 4) is 5.75 Å². The highest BCUT2D eigenvalue weighted by Crippen LogP contribution is 2.28. The molecule has 1 aromatic heterocycles. The number of fused-ring (bicyclic) bond motifs is 1. The van der Waals surface area contributed by atoms with Gasteiger partial charge in [0.2, 0.25) is 5.91 Å². The van der Waals surface area contributed by atoms with Crippen LogP contribution in [0.15, 0.2) is 35.1 Å². The van der Waals surface area contributed by atoms with Gasteiger partial charge in [0.15, 0.2) is 0 Å². The second kappa shape index (κ2) is 10.3. The van der Waals surface area contributed by atoms with Crippen LogP contribution in [0, 0.1) is 5.82 Å². The molecule has 1 fully saturated rings. The quantitative estimate of drug-likeness (QED) is 0.594. The average Bonchev–Trinajstić information content (AvgIpc) is 3.24. The largest absolute Gasteiger partial charge is 0.496 e. The molecule has 1 aromatic carbocycles. The Balaban J connectivity index is 1.63. The van der Waals surface area contributed by atoms with Crippen LogP contribution in [0.4, 0.5) is 4.39 Å². The molecule has 0 radical (unpaired) electrons. The van der Waals surface area contributed by atoms with Crippen LogP contribution in [0.2, 0.25) is 0 Å². The molecule has 2 aromatic rings. The van der Waals surface area contributed by atoms with Crippen LogP contribution in [-0.2, 0) is 33.7 Å². The number of benzene rings is 1. The third kappa shape index (κ3) is 4.78. The molecule has 0 N–H and O–H groups in total. The fourth-order valence-electron chi connectivity index (χ4n) is 4.84. The summed E-state index contributed by atoms with van der Waals surface area (Å²) >= 11 is 0. The van der Waals surface area contributed by atoms with Crippen LogP contribution in [0.5, 0.6) is 5.75 Å². The summed E-state index contributed by atoms with van der Waals surface area (Å²) in [5, 5.41) is 0. The summed E-state index contributed by atoms with van der Waals surface area (Å²) in [6, 6.07) is 6.68. The molecule has 0 bridgehead atoms. The zero-order valence-electron chi connectivity index (χ0n) is 19.8. The normalized spacial score (nSPS) is 17.5. The first-order chi connectivity index (χ1) is 16.8. The highest BCUT2D eigenvalue weighted by Gasteiger charge is 2.38. The smallest absolute Gasteiger partial charge is 0.328 e. The van der Waals surface area contributed by atoms with Crippen molar-refractivity contribution in [2.75, 3.05) is 33.9 Å². The number of halogens is 1. The van der Waals surface area contributed by atoms with Gasteiger partial charge in [-0.3, -0.25) is 14.4 Å². The van der Waals surface area contributed by atoms with Gasteiger partial charge >= 0.3 is 5.97 Å². The van der Waals surface area contributed by atoms with Crippen molar-refractivity contribution in [2.24, 2.45) is 0 Å². The molecule has 9 nitrogen and oxygen atoms in total. The minimum Gasteiger partial charge on any atom is -0.496 e. The topological polar surface area (TPSA) is 98.2 Å². The molecule has 0 aliphatic carbocycles. The predicted octanol–water partition coefficient (Wildman–Crippen LogP) is 1.40. The van der Waals surface area contributed by atoms with Gasteiger partial charge in [0.25, 0.3) is 11.5 Å². The number of methoxy groups -OCH3 is 2. The Morgan fingerprint density at radius 2 is 1.86 bits per heavy atom. The maximum absolute atomic E-state index is 14.0. The molecule has 186 valence electrons. The fraction of sp³-hybridized carbons (Fsp3) is 0.440. The van der Waals surface area contributed by atoms with E-state index in [0.717, 1.165) is 0 Å². The molecule has 0 spiro atoms. The number of carbonyl (C=O) groups is 3. The fourth-order valence-corrected chi connectivity index (χ4v) is 4.84. The summed E-state index contributed by atoms with van der Waals surface area (Å²) < 4.78 is 25.8. The molecular weight excluding hydrogens is 457 g/mol. The van der Waals surface area contributed by atoms with Crippen molar-refractivity contribution in [3.63, 3.8) is 0 Å². The van der Waals surface area contributed by atoms with Gasteiger partial charge in [0, 0.05) is 44.4 Å². The average molecular weight is 486 g/mol. The number of esters is 1. The molecule has 4 rings (SSSR count). The van der Waals surface area contributed by atoms with Crippen LogP contribution >= 0.6 is 0 Å². The molecule has 0 unspecified atom stereocenters. The van der Waals surface area contributed by atoms with E-state index in [1.807, 2.05) is 0 Å². The summed E-state index contributed by atoms with van der Waals surface area (Å²) in [5.41, 5.74) is 0.627. The maximum atomic E-state index is 14.0. The first-order valence-corrected chi connectivity index (χ1v) is 11.6. The molecule has 10 heteroatoms. The van der Waals surface area contributed by atoms with E-state index in [1.54, 1.807) is 23.1 Å². The van der Waals surface area contributed by atoms with Crippen LogP contribution < -0.4 is 10.3 Å². The summed E-state index contributed by atoms with van der Waals surface area (Å²) in [7, 11) is 2.66. The lowest BCUT2D eigenvalue weighted by molar-refractivity contribution is -0.145. The first kappa shape index (κ1) is 24.4. The van der Waals surface area contributed by atoms with E-state index >= 15 is 0 Å². The van der Waals surface area contributed by atoms with Crippen molar-refractivity contribution in [1.29, 1.82) is 0 Å². The van der Waals surface area contributed by atoms with Gasteiger partial charge in [-0.15, -0.1) is 0 Å². The van der Waals surface area contributed by atoms with Gasteiger partial charge in [-0.25, -0.2) is 9.18 Å². The number of aromatic nitrogens is 1. The number of pyridine rings is 1. The van der Waals surface area contributed by atoms with E-state index in [9.17, 15) is 23.6 Å². The molecule has 2 aliphatic heterocycles. The number of hydrogen-bond acceptors (Lipinski definition) is 6. The summed E-state index contributed by atoms with van der Waals surface area (Å²) in [6.07, 6.45) is 1.28. The summed E-state index contributed by atoms with van der Waals surface area (Å²) in [4.78, 5) is 54.7. The predicted molar refractivity (Wildman–Crippen MR) is 124 cm³/mol. The maximum Gasteiger partial charge on any atom is 0.328 e. The van der Waals surface area contributed by atoms with Gasteiger partial charge in [-0.05, 0) is 24.5 Å². The lowest BCUT2D eigenvalue weighted by Gasteiger charge is -2.25. The second-order valence-electron chi connectivity index (χ2n) is 8.60. The van der Waals surface area contributed by atoms with Gasteiger partial charge in [0.1, 0.15) is 23.2 Å². The third-order valence-electron chi connectivity index (χ3n) is 6.67. The number of rotatable bonds is 5. The van der Waals surface area contributed by atoms with Crippen LogP contribution in [0.25, 0.3) is 0 Å². The highest BCUT2D eigenvalue weighted by atomic mass is 19.1. The van der Waals surface area contributed by atoms with E-state index in [2.05, 4.69) is 0 Å². The summed E-state index contributed by atoms with van der Waals surface area (Å²) in [5.74, 6) is -1.48. The van der Waals surface area contributed by atoms with Crippen molar-refractivity contribution in [2.45, 2.75) is 38.3 Å². The molecule has 35 heavy (non-hydrogen) atoms. The lowest BCUT2D eigenvalue weighted by Crippen LogP contribution is -2.42. The number of amides is 2. The number of likely N-dealkylation sites (tertiary alicyclic amines) is 1. The standard InChI is InChI=1S/C25H28FN3O6/c1-34-20-15-22(31)28-13-12-27(21(30)14-16-6-3-4-7-17(16)26)11-9-18(28)23(20)24(32)29-10-5-8-19(29)25(33)35-2/h3-4,6-7,15,19H,5,8-14H2,1-2H3/t19-/m0/s1. The zero-order chi connectivity index (χ0) is 25.1. The Morgan fingerprint density at radius 3 is 2.57 bits per heavy atom. The van der Waals surface area contributed by atoms with Crippen molar-refractivity contribution < 1.29 is 28.2 Å². The van der Waals surface area contributed by atoms with Crippen molar-refractivity contribution >= 4 is 17.8 Å². The van der Waals surface area contributed by atoms with Crippen molar-refractivity contribution in [3.05, 3.63) is 63.3 Å². The first-order valence-electron chi connectivity index (χ1n) is 11.6. The molecule has 1 atom stereocenters. The van der Waals surface area contributed by atoms with Crippen LogP contribution in [-0.4, -0.2) is 72.0 Å². The van der Waals surface area contributed by atoms with Gasteiger partial charge in [-0.2, -0.15) is 0 Å². The molecular formula is C25H28FN3O6. The van der Waals surface area contributed by atoms with E-state index < -0.39 is 23.7 Å². The van der Waals surface area contributed by atoms with E-state index in [4.69, 9.17) is 9.47 Å². The Hall–Kier alpha value is -3.69. The molecule has 3 heterocycles. The monoisotopic (exact) mass is 485 g/mol. The summed E-state index contributed by atoms with van der Waals surface area (Å²) in [6.45, 7) is 1.06. The zero-order valence-corrected chi connectivity index (χ0v) is 19.8. The highest BCUT2D eigenvalue weighted by molar-refractivity contribution is 6.00. The van der Waals surface area contributed by atoms with Crippen molar-refractivity contribution in [1.82, 2.24) is 14.4 Å². The SMILES string of the molecule is COC(=O)[C@@H]1CCCN1C(=O)c1c(OC)cc(=O)n2c1CCN(C(=O)Cc1ccccc1F)CC2. The number of carbonyl (C=O) groups excluding carboxylic acids is 3. The Labute approximate surface area is 202 Å².